The number of nitrogens with zero attached hydrogens (tertiary/aromatic N) is 2. The molecule has 23 heavy (non-hydrogen) atoms. The molecule has 0 unspecified atom stereocenters. The predicted octanol–water partition coefficient (Wildman–Crippen LogP) is 4.76. The number of halogens is 3. The summed E-state index contributed by atoms with van der Waals surface area (Å²) in [4.78, 5) is 8.40. The molecule has 0 saturated heterocycles. The van der Waals surface area contributed by atoms with Gasteiger partial charge in [0.25, 0.3) is 0 Å². The van der Waals surface area contributed by atoms with Crippen molar-refractivity contribution < 1.29 is 13.2 Å². The van der Waals surface area contributed by atoms with Crippen LogP contribution in [0.25, 0.3) is 0 Å². The van der Waals surface area contributed by atoms with Crippen LogP contribution in [0.15, 0.2) is 30.3 Å². The average molecular weight is 324 g/mol. The predicted molar refractivity (Wildman–Crippen MR) is 84.9 cm³/mol. The molecule has 0 radical (unpaired) electrons. The Balaban J connectivity index is 2.35. The second-order valence-electron chi connectivity index (χ2n) is 6.23. The highest BCUT2D eigenvalue weighted by Gasteiger charge is 2.33. The Hall–Kier alpha value is -2.31. The lowest BCUT2D eigenvalue weighted by molar-refractivity contribution is -0.136. The first-order chi connectivity index (χ1) is 10.5. The third-order valence-electron chi connectivity index (χ3n) is 2.84. The molecule has 0 saturated carbocycles. The van der Waals surface area contributed by atoms with Crippen LogP contribution >= 0.6 is 0 Å². The number of aromatic nitrogens is 2. The van der Waals surface area contributed by atoms with Crippen molar-refractivity contribution in [3.63, 3.8) is 0 Å². The summed E-state index contributed by atoms with van der Waals surface area (Å²) >= 11 is 0. The fraction of sp³-hybridized carbons (Fsp3) is 0.375. The zero-order valence-electron chi connectivity index (χ0n) is 13.4. The van der Waals surface area contributed by atoms with Crippen molar-refractivity contribution in [2.24, 2.45) is 0 Å². The topological polar surface area (TPSA) is 49.8 Å². The van der Waals surface area contributed by atoms with Gasteiger partial charge in [-0.2, -0.15) is 13.2 Å². The zero-order valence-corrected chi connectivity index (χ0v) is 13.4. The maximum Gasteiger partial charge on any atom is 0.418 e. The van der Waals surface area contributed by atoms with Gasteiger partial charge < -0.3 is 10.6 Å². The van der Waals surface area contributed by atoms with E-state index in [9.17, 15) is 13.2 Å². The van der Waals surface area contributed by atoms with Crippen LogP contribution in [0.3, 0.4) is 0 Å². The van der Waals surface area contributed by atoms with Gasteiger partial charge in [0.1, 0.15) is 17.5 Å². The first-order valence-electron chi connectivity index (χ1n) is 7.12. The van der Waals surface area contributed by atoms with E-state index in [1.807, 2.05) is 20.8 Å². The van der Waals surface area contributed by atoms with E-state index in [1.165, 1.54) is 12.1 Å². The molecular formula is C16H19F3N4. The van der Waals surface area contributed by atoms with Gasteiger partial charge in [0.15, 0.2) is 0 Å². The minimum absolute atomic E-state index is 0.0418. The van der Waals surface area contributed by atoms with Crippen LogP contribution in [0.2, 0.25) is 0 Å². The molecular weight excluding hydrogens is 305 g/mol. The van der Waals surface area contributed by atoms with Gasteiger partial charge >= 0.3 is 6.18 Å². The lowest BCUT2D eigenvalue weighted by Crippen LogP contribution is -2.27. The van der Waals surface area contributed by atoms with Crippen molar-refractivity contribution in [3.05, 3.63) is 41.7 Å². The Morgan fingerprint density at radius 1 is 0.957 bits per heavy atom. The normalized spacial score (nSPS) is 12.1. The summed E-state index contributed by atoms with van der Waals surface area (Å²) in [5.41, 5.74) is -0.997. The Labute approximate surface area is 133 Å². The highest BCUT2D eigenvalue weighted by molar-refractivity contribution is 5.63. The van der Waals surface area contributed by atoms with Gasteiger partial charge in [0.2, 0.25) is 0 Å². The molecule has 7 heteroatoms. The van der Waals surface area contributed by atoms with Crippen molar-refractivity contribution in [1.29, 1.82) is 0 Å². The number of anilines is 3. The second-order valence-corrected chi connectivity index (χ2v) is 6.23. The van der Waals surface area contributed by atoms with Crippen LogP contribution in [0.1, 0.15) is 32.2 Å². The summed E-state index contributed by atoms with van der Waals surface area (Å²) in [5, 5.41) is 5.91. The monoisotopic (exact) mass is 324 g/mol. The Kier molecular flexibility index (Phi) is 4.49. The molecule has 0 bridgehead atoms. The molecule has 0 fully saturated rings. The van der Waals surface area contributed by atoms with Crippen molar-refractivity contribution in [2.75, 3.05) is 10.6 Å². The van der Waals surface area contributed by atoms with E-state index < -0.39 is 11.7 Å². The van der Waals surface area contributed by atoms with E-state index in [-0.39, 0.29) is 11.2 Å². The molecule has 1 aromatic heterocycles. The van der Waals surface area contributed by atoms with E-state index in [2.05, 4.69) is 20.6 Å². The van der Waals surface area contributed by atoms with Crippen LogP contribution in [0, 0.1) is 6.92 Å². The Bertz CT molecular complexity index is 690. The van der Waals surface area contributed by atoms with E-state index >= 15 is 0 Å². The molecule has 1 heterocycles. The third kappa shape index (κ3) is 4.84. The number of nitrogens with one attached hydrogen (secondary N) is 2. The number of para-hydroxylation sites is 1. The summed E-state index contributed by atoms with van der Waals surface area (Å²) in [5.74, 6) is 1.32. The molecule has 0 aliphatic heterocycles. The number of aryl methyl sites for hydroxylation is 1. The van der Waals surface area contributed by atoms with Crippen LogP contribution in [0.4, 0.5) is 30.5 Å². The van der Waals surface area contributed by atoms with Gasteiger partial charge in [-0.15, -0.1) is 0 Å². The third-order valence-corrected chi connectivity index (χ3v) is 2.84. The van der Waals surface area contributed by atoms with Gasteiger partial charge in [-0.25, -0.2) is 9.97 Å². The van der Waals surface area contributed by atoms with Gasteiger partial charge in [0.05, 0.1) is 11.3 Å². The highest BCUT2D eigenvalue weighted by Crippen LogP contribution is 2.35. The van der Waals surface area contributed by atoms with Crippen molar-refractivity contribution >= 4 is 17.3 Å². The number of benzene rings is 1. The van der Waals surface area contributed by atoms with Gasteiger partial charge in [-0.05, 0) is 39.8 Å². The smallest absolute Gasteiger partial charge is 0.365 e. The van der Waals surface area contributed by atoms with Gasteiger partial charge in [-0.1, -0.05) is 12.1 Å². The number of hydrogen-bond donors (Lipinski definition) is 2. The minimum Gasteiger partial charge on any atom is -0.365 e. The molecule has 0 amide bonds. The van der Waals surface area contributed by atoms with Gasteiger partial charge in [-0.3, -0.25) is 0 Å². The summed E-state index contributed by atoms with van der Waals surface area (Å²) in [7, 11) is 0. The molecule has 124 valence electrons. The summed E-state index contributed by atoms with van der Waals surface area (Å²) in [6.07, 6.45) is -4.43. The Morgan fingerprint density at radius 2 is 1.57 bits per heavy atom. The minimum atomic E-state index is -4.43. The molecule has 0 atom stereocenters. The second kappa shape index (κ2) is 6.06. The number of alkyl halides is 3. The van der Waals surface area contributed by atoms with E-state index in [0.717, 1.165) is 6.07 Å². The van der Waals surface area contributed by atoms with Gasteiger partial charge in [0, 0.05) is 11.6 Å². The van der Waals surface area contributed by atoms with E-state index in [4.69, 9.17) is 0 Å². The molecule has 4 nitrogen and oxygen atoms in total. The molecule has 0 aliphatic rings. The van der Waals surface area contributed by atoms with Crippen molar-refractivity contribution in [3.8, 4) is 0 Å². The lowest BCUT2D eigenvalue weighted by atomic mass is 10.1. The SMILES string of the molecule is Cc1nc(Nc2ccccc2C(F)(F)F)cc(NC(C)(C)C)n1. The highest BCUT2D eigenvalue weighted by atomic mass is 19.4. The molecule has 1 aromatic carbocycles. The van der Waals surface area contributed by atoms with Crippen molar-refractivity contribution in [1.82, 2.24) is 9.97 Å². The molecule has 2 aromatic rings. The number of rotatable bonds is 3. The summed E-state index contributed by atoms with van der Waals surface area (Å²) < 4.78 is 39.1. The number of hydrogen-bond acceptors (Lipinski definition) is 4. The standard InChI is InChI=1S/C16H19F3N4/c1-10-20-13(9-14(21-10)23-15(2,3)4)22-12-8-6-5-7-11(12)16(17,18)19/h5-9H,1-4H3,(H2,20,21,22,23). The first-order valence-corrected chi connectivity index (χ1v) is 7.12. The average Bonchev–Trinajstić information content (AvgIpc) is 2.35. The van der Waals surface area contributed by atoms with Crippen LogP contribution in [0.5, 0.6) is 0 Å². The molecule has 0 spiro atoms. The summed E-state index contributed by atoms with van der Waals surface area (Å²) in [6, 6.07) is 6.89. The fourth-order valence-electron chi connectivity index (χ4n) is 2.06. The fourth-order valence-corrected chi connectivity index (χ4v) is 2.06. The first kappa shape index (κ1) is 17.1. The van der Waals surface area contributed by atoms with Crippen LogP contribution < -0.4 is 10.6 Å². The molecule has 0 aliphatic carbocycles. The summed E-state index contributed by atoms with van der Waals surface area (Å²) in [6.45, 7) is 7.60. The quantitative estimate of drug-likeness (QED) is 0.855. The largest absolute Gasteiger partial charge is 0.418 e. The molecule has 2 N–H and O–H groups in total. The van der Waals surface area contributed by atoms with Crippen LogP contribution in [-0.4, -0.2) is 15.5 Å². The maximum atomic E-state index is 13.0. The van der Waals surface area contributed by atoms with Crippen molar-refractivity contribution in [2.45, 2.75) is 39.4 Å². The lowest BCUT2D eigenvalue weighted by Gasteiger charge is -2.22. The molecule has 2 rings (SSSR count). The van der Waals surface area contributed by atoms with Crippen LogP contribution in [-0.2, 0) is 6.18 Å². The van der Waals surface area contributed by atoms with E-state index in [1.54, 1.807) is 19.1 Å². The van der Waals surface area contributed by atoms with E-state index in [0.29, 0.717) is 17.5 Å². The zero-order chi connectivity index (χ0) is 17.3. The maximum absolute atomic E-state index is 13.0. The Morgan fingerprint density at radius 3 is 2.17 bits per heavy atom.